The highest BCUT2D eigenvalue weighted by Gasteiger charge is 2.40. The molecular weight excluding hydrogens is 264 g/mol. The van der Waals surface area contributed by atoms with Crippen molar-refractivity contribution in [1.29, 1.82) is 0 Å². The van der Waals surface area contributed by atoms with Gasteiger partial charge in [0, 0.05) is 13.0 Å². The van der Waals surface area contributed by atoms with Crippen LogP contribution >= 0.6 is 0 Å². The van der Waals surface area contributed by atoms with Gasteiger partial charge in [0.2, 0.25) is 11.8 Å². The fourth-order valence-corrected chi connectivity index (χ4v) is 2.63. The van der Waals surface area contributed by atoms with Crippen LogP contribution in [0.15, 0.2) is 43.0 Å². The van der Waals surface area contributed by atoms with Crippen LogP contribution in [0.2, 0.25) is 0 Å². The van der Waals surface area contributed by atoms with Gasteiger partial charge in [0.1, 0.15) is 12.1 Å². The molecule has 1 aromatic rings. The van der Waals surface area contributed by atoms with Crippen molar-refractivity contribution in [1.82, 2.24) is 10.2 Å². The van der Waals surface area contributed by atoms with Gasteiger partial charge in [0.25, 0.3) is 0 Å². The Morgan fingerprint density at radius 2 is 1.95 bits per heavy atom. The lowest BCUT2D eigenvalue weighted by atomic mass is 9.95. The fourth-order valence-electron chi connectivity index (χ4n) is 2.63. The Balaban J connectivity index is 2.24. The average Bonchev–Trinajstić information content (AvgIpc) is 2.47. The Hall–Kier alpha value is -2.10. The van der Waals surface area contributed by atoms with Gasteiger partial charge in [0.15, 0.2) is 0 Å². The van der Waals surface area contributed by atoms with Gasteiger partial charge < -0.3 is 10.2 Å². The summed E-state index contributed by atoms with van der Waals surface area (Å²) in [6.45, 7) is 7.97. The molecule has 0 aromatic heterocycles. The highest BCUT2D eigenvalue weighted by Crippen LogP contribution is 2.18. The number of rotatable bonds is 5. The van der Waals surface area contributed by atoms with Crippen LogP contribution in [0.4, 0.5) is 0 Å². The summed E-state index contributed by atoms with van der Waals surface area (Å²) in [5.74, 6) is -0.0316. The van der Waals surface area contributed by atoms with Crippen LogP contribution in [0.1, 0.15) is 19.4 Å². The molecule has 2 rings (SSSR count). The third-order valence-electron chi connectivity index (χ3n) is 3.79. The highest BCUT2D eigenvalue weighted by atomic mass is 16.2. The van der Waals surface area contributed by atoms with Crippen LogP contribution in [-0.2, 0) is 16.0 Å². The van der Waals surface area contributed by atoms with Gasteiger partial charge in [-0.15, -0.1) is 6.58 Å². The van der Waals surface area contributed by atoms with E-state index in [9.17, 15) is 9.59 Å². The molecule has 4 nitrogen and oxygen atoms in total. The molecule has 1 saturated heterocycles. The second kappa shape index (κ2) is 6.57. The van der Waals surface area contributed by atoms with E-state index in [2.05, 4.69) is 11.9 Å². The molecule has 1 fully saturated rings. The molecule has 1 aliphatic heterocycles. The summed E-state index contributed by atoms with van der Waals surface area (Å²) in [5.41, 5.74) is 1.04. The van der Waals surface area contributed by atoms with Crippen LogP contribution in [0, 0.1) is 5.92 Å². The molecule has 112 valence electrons. The quantitative estimate of drug-likeness (QED) is 0.839. The number of carbonyl (C=O) groups excluding carboxylic acids is 2. The van der Waals surface area contributed by atoms with Gasteiger partial charge in [-0.25, -0.2) is 0 Å². The van der Waals surface area contributed by atoms with Crippen molar-refractivity contribution in [2.45, 2.75) is 32.4 Å². The Bertz CT molecular complexity index is 525. The number of piperazine rings is 1. The van der Waals surface area contributed by atoms with Crippen molar-refractivity contribution in [3.8, 4) is 0 Å². The highest BCUT2D eigenvalue weighted by molar-refractivity contribution is 5.97. The summed E-state index contributed by atoms with van der Waals surface area (Å²) in [7, 11) is 0. The van der Waals surface area contributed by atoms with Crippen LogP contribution in [0.5, 0.6) is 0 Å². The van der Waals surface area contributed by atoms with Crippen LogP contribution in [0.25, 0.3) is 0 Å². The summed E-state index contributed by atoms with van der Waals surface area (Å²) in [6, 6.07) is 8.85. The van der Waals surface area contributed by atoms with E-state index in [4.69, 9.17) is 0 Å². The molecular formula is C17H22N2O2. The van der Waals surface area contributed by atoms with Crippen molar-refractivity contribution in [3.63, 3.8) is 0 Å². The molecule has 21 heavy (non-hydrogen) atoms. The molecule has 1 aromatic carbocycles. The topological polar surface area (TPSA) is 49.4 Å². The second-order valence-corrected chi connectivity index (χ2v) is 5.72. The summed E-state index contributed by atoms with van der Waals surface area (Å²) in [6.07, 6.45) is 2.20. The lowest BCUT2D eigenvalue weighted by molar-refractivity contribution is -0.149. The summed E-state index contributed by atoms with van der Waals surface area (Å²) in [5, 5.41) is 2.86. The first-order valence-corrected chi connectivity index (χ1v) is 7.30. The Morgan fingerprint density at radius 3 is 2.52 bits per heavy atom. The largest absolute Gasteiger partial charge is 0.342 e. The maximum absolute atomic E-state index is 12.6. The molecule has 2 atom stereocenters. The van der Waals surface area contributed by atoms with Gasteiger partial charge >= 0.3 is 0 Å². The SMILES string of the molecule is C=CCN1C(=O)C(C(C)C)NC(=O)C1Cc1ccccc1. The van der Waals surface area contributed by atoms with Crippen molar-refractivity contribution in [3.05, 3.63) is 48.6 Å². The smallest absolute Gasteiger partial charge is 0.246 e. The molecule has 1 heterocycles. The van der Waals surface area contributed by atoms with Gasteiger partial charge in [0.05, 0.1) is 0 Å². The number of benzene rings is 1. The minimum atomic E-state index is -0.465. The number of nitrogens with one attached hydrogen (secondary N) is 1. The lowest BCUT2D eigenvalue weighted by Gasteiger charge is -2.40. The van der Waals surface area contributed by atoms with Crippen LogP contribution < -0.4 is 5.32 Å². The summed E-state index contributed by atoms with van der Waals surface area (Å²) in [4.78, 5) is 26.6. The number of amides is 2. The van der Waals surface area contributed by atoms with Crippen molar-refractivity contribution < 1.29 is 9.59 Å². The predicted octanol–water partition coefficient (Wildman–Crippen LogP) is 1.77. The van der Waals surface area contributed by atoms with Crippen LogP contribution in [0.3, 0.4) is 0 Å². The minimum absolute atomic E-state index is 0.0227. The zero-order valence-electron chi connectivity index (χ0n) is 12.6. The van der Waals surface area contributed by atoms with Gasteiger partial charge in [-0.2, -0.15) is 0 Å². The Morgan fingerprint density at radius 1 is 1.29 bits per heavy atom. The molecule has 2 amide bonds. The van der Waals surface area contributed by atoms with E-state index in [0.717, 1.165) is 5.56 Å². The van der Waals surface area contributed by atoms with Crippen molar-refractivity contribution >= 4 is 11.8 Å². The molecule has 0 spiro atoms. The number of carbonyl (C=O) groups is 2. The lowest BCUT2D eigenvalue weighted by Crippen LogP contribution is -2.65. The molecule has 2 unspecified atom stereocenters. The van der Waals surface area contributed by atoms with Crippen LogP contribution in [-0.4, -0.2) is 35.3 Å². The van der Waals surface area contributed by atoms with Gasteiger partial charge in [-0.05, 0) is 11.5 Å². The van der Waals surface area contributed by atoms with E-state index in [1.807, 2.05) is 44.2 Å². The van der Waals surface area contributed by atoms with Gasteiger partial charge in [-0.1, -0.05) is 50.3 Å². The monoisotopic (exact) mass is 286 g/mol. The van der Waals surface area contributed by atoms with E-state index in [-0.39, 0.29) is 17.7 Å². The Kier molecular flexibility index (Phi) is 4.78. The number of nitrogens with zero attached hydrogens (tertiary/aromatic N) is 1. The van der Waals surface area contributed by atoms with E-state index < -0.39 is 12.1 Å². The molecule has 0 saturated carbocycles. The van der Waals surface area contributed by atoms with E-state index in [1.165, 1.54) is 0 Å². The number of hydrogen-bond donors (Lipinski definition) is 1. The number of hydrogen-bond acceptors (Lipinski definition) is 2. The summed E-state index contributed by atoms with van der Waals surface area (Å²) < 4.78 is 0. The second-order valence-electron chi connectivity index (χ2n) is 5.72. The first kappa shape index (κ1) is 15.3. The first-order chi connectivity index (χ1) is 10.0. The molecule has 0 bridgehead atoms. The van der Waals surface area contributed by atoms with Crippen molar-refractivity contribution in [2.75, 3.05) is 6.54 Å². The minimum Gasteiger partial charge on any atom is -0.342 e. The van der Waals surface area contributed by atoms with E-state index in [0.29, 0.717) is 13.0 Å². The maximum atomic E-state index is 12.6. The van der Waals surface area contributed by atoms with E-state index in [1.54, 1.807) is 11.0 Å². The third kappa shape index (κ3) is 3.32. The molecule has 0 aliphatic carbocycles. The third-order valence-corrected chi connectivity index (χ3v) is 3.79. The zero-order chi connectivity index (χ0) is 15.4. The van der Waals surface area contributed by atoms with E-state index >= 15 is 0 Å². The van der Waals surface area contributed by atoms with Crippen molar-refractivity contribution in [2.24, 2.45) is 5.92 Å². The Labute approximate surface area is 125 Å². The van der Waals surface area contributed by atoms with Gasteiger partial charge in [-0.3, -0.25) is 9.59 Å². The predicted molar refractivity (Wildman–Crippen MR) is 82.6 cm³/mol. The molecule has 1 aliphatic rings. The zero-order valence-corrected chi connectivity index (χ0v) is 12.6. The molecule has 1 N–H and O–H groups in total. The first-order valence-electron chi connectivity index (χ1n) is 7.30. The maximum Gasteiger partial charge on any atom is 0.246 e. The molecule has 4 heteroatoms. The summed E-state index contributed by atoms with van der Waals surface area (Å²) >= 11 is 0. The fraction of sp³-hybridized carbons (Fsp3) is 0.412. The average molecular weight is 286 g/mol. The molecule has 0 radical (unpaired) electrons. The standard InChI is InChI=1S/C17H22N2O2/c1-4-10-19-14(11-13-8-6-5-7-9-13)16(20)18-15(12(2)3)17(19)21/h4-9,12,14-15H,1,10-11H2,2-3H3,(H,18,20). The normalized spacial score (nSPS) is 22.3.